The summed E-state index contributed by atoms with van der Waals surface area (Å²) in [6, 6.07) is 11.3. The quantitative estimate of drug-likeness (QED) is 0.631. The van der Waals surface area contributed by atoms with E-state index in [2.05, 4.69) is 5.32 Å². The van der Waals surface area contributed by atoms with Gasteiger partial charge in [0.25, 0.3) is 10.0 Å². The van der Waals surface area contributed by atoms with Crippen molar-refractivity contribution in [3.63, 3.8) is 0 Å². The number of carbonyl (C=O) groups is 1. The Bertz CT molecular complexity index is 885. The summed E-state index contributed by atoms with van der Waals surface area (Å²) in [4.78, 5) is 12.9. The number of nitrogens with one attached hydrogen (secondary N) is 1. The summed E-state index contributed by atoms with van der Waals surface area (Å²) in [6.07, 6.45) is 3.76. The average molecular weight is 423 g/mol. The van der Waals surface area contributed by atoms with E-state index in [0.717, 1.165) is 36.3 Å². The van der Waals surface area contributed by atoms with E-state index in [4.69, 9.17) is 4.74 Å². The van der Waals surface area contributed by atoms with Crippen LogP contribution in [0.25, 0.3) is 0 Å². The Labute approximate surface area is 170 Å². The molecule has 1 aliphatic rings. The lowest BCUT2D eigenvalue weighted by Crippen LogP contribution is -2.27. The van der Waals surface area contributed by atoms with Crippen molar-refractivity contribution in [2.24, 2.45) is 0 Å². The van der Waals surface area contributed by atoms with Gasteiger partial charge in [-0.3, -0.25) is 4.79 Å². The molecule has 0 aliphatic carbocycles. The molecular weight excluding hydrogens is 396 g/mol. The van der Waals surface area contributed by atoms with Crippen molar-refractivity contribution in [1.29, 1.82) is 0 Å². The van der Waals surface area contributed by atoms with E-state index >= 15 is 0 Å². The fraction of sp³-hybridized carbons (Fsp3) is 0.450. The predicted octanol–water partition coefficient (Wildman–Crippen LogP) is 2.83. The molecule has 1 aromatic heterocycles. The van der Waals surface area contributed by atoms with Gasteiger partial charge in [0.15, 0.2) is 0 Å². The van der Waals surface area contributed by atoms with E-state index in [0.29, 0.717) is 23.8 Å². The highest BCUT2D eigenvalue weighted by Crippen LogP contribution is 2.27. The van der Waals surface area contributed by atoms with Crippen LogP contribution in [0.1, 0.15) is 29.7 Å². The van der Waals surface area contributed by atoms with Gasteiger partial charge in [-0.15, -0.1) is 11.3 Å². The summed E-state index contributed by atoms with van der Waals surface area (Å²) in [5, 5.41) is 2.91. The molecule has 0 saturated carbocycles. The number of sulfonamides is 1. The van der Waals surface area contributed by atoms with Gasteiger partial charge in [-0.1, -0.05) is 12.1 Å². The largest absolute Gasteiger partial charge is 0.497 e. The van der Waals surface area contributed by atoms with Gasteiger partial charge in [-0.2, -0.15) is 4.31 Å². The minimum Gasteiger partial charge on any atom is -0.497 e. The number of amides is 1. The molecule has 152 valence electrons. The maximum absolute atomic E-state index is 12.5. The molecule has 2 heterocycles. The Balaban J connectivity index is 1.43. The van der Waals surface area contributed by atoms with Crippen molar-refractivity contribution in [3.05, 3.63) is 46.8 Å². The van der Waals surface area contributed by atoms with Gasteiger partial charge in [0.1, 0.15) is 9.96 Å². The molecule has 1 aliphatic heterocycles. The third-order valence-corrected chi connectivity index (χ3v) is 8.21. The summed E-state index contributed by atoms with van der Waals surface area (Å²) in [5.41, 5.74) is 1.20. The Morgan fingerprint density at radius 1 is 1.14 bits per heavy atom. The smallest absolute Gasteiger partial charge is 0.252 e. The summed E-state index contributed by atoms with van der Waals surface area (Å²) < 4.78 is 32.1. The fourth-order valence-corrected chi connectivity index (χ4v) is 6.21. The van der Waals surface area contributed by atoms with Crippen LogP contribution in [0.5, 0.6) is 5.75 Å². The molecule has 6 nitrogen and oxygen atoms in total. The number of ether oxygens (including phenoxy) is 1. The molecule has 28 heavy (non-hydrogen) atoms. The van der Waals surface area contributed by atoms with Gasteiger partial charge >= 0.3 is 0 Å². The maximum atomic E-state index is 12.5. The molecule has 3 rings (SSSR count). The van der Waals surface area contributed by atoms with E-state index in [-0.39, 0.29) is 12.3 Å². The van der Waals surface area contributed by atoms with Gasteiger partial charge in [0, 0.05) is 24.5 Å². The summed E-state index contributed by atoms with van der Waals surface area (Å²) in [6.45, 7) is 1.77. The topological polar surface area (TPSA) is 75.7 Å². The molecule has 0 bridgehead atoms. The number of methoxy groups -OCH3 is 1. The molecule has 8 heteroatoms. The normalized spacial score (nSPS) is 14.9. The van der Waals surface area contributed by atoms with Crippen LogP contribution in [0.4, 0.5) is 0 Å². The third kappa shape index (κ3) is 5.33. The zero-order valence-corrected chi connectivity index (χ0v) is 17.7. The number of aryl methyl sites for hydroxylation is 1. The monoisotopic (exact) mass is 422 g/mol. The molecule has 1 amide bonds. The minimum absolute atomic E-state index is 0.0818. The van der Waals surface area contributed by atoms with E-state index in [1.807, 2.05) is 24.3 Å². The second-order valence-corrected chi connectivity index (χ2v) is 10.1. The third-order valence-electron chi connectivity index (χ3n) is 4.75. The number of rotatable bonds is 9. The molecule has 2 aromatic rings. The molecule has 0 radical (unpaired) electrons. The first kappa shape index (κ1) is 20.8. The maximum Gasteiger partial charge on any atom is 0.252 e. The van der Waals surface area contributed by atoms with Crippen LogP contribution in [0.2, 0.25) is 0 Å². The highest BCUT2D eigenvalue weighted by molar-refractivity contribution is 7.91. The number of carbonyl (C=O) groups excluding carboxylic acids is 1. The van der Waals surface area contributed by atoms with Crippen molar-refractivity contribution < 1.29 is 17.9 Å². The van der Waals surface area contributed by atoms with Gasteiger partial charge in [0.2, 0.25) is 5.91 Å². The van der Waals surface area contributed by atoms with Crippen LogP contribution in [-0.2, 0) is 27.7 Å². The number of thiophene rings is 1. The first-order valence-electron chi connectivity index (χ1n) is 9.47. The van der Waals surface area contributed by atoms with Crippen molar-refractivity contribution >= 4 is 27.3 Å². The van der Waals surface area contributed by atoms with E-state index in [1.165, 1.54) is 21.2 Å². The van der Waals surface area contributed by atoms with Crippen molar-refractivity contribution in [2.45, 2.75) is 36.3 Å². The number of benzene rings is 1. The second-order valence-electron chi connectivity index (χ2n) is 6.81. The molecule has 1 fully saturated rings. The average Bonchev–Trinajstić information content (AvgIpc) is 3.38. The van der Waals surface area contributed by atoms with Gasteiger partial charge in [-0.05, 0) is 55.5 Å². The molecule has 1 saturated heterocycles. The summed E-state index contributed by atoms with van der Waals surface area (Å²) >= 11 is 1.19. The fourth-order valence-electron chi connectivity index (χ4n) is 3.18. The van der Waals surface area contributed by atoms with Gasteiger partial charge < -0.3 is 10.1 Å². The molecule has 0 spiro atoms. The number of hydrogen-bond acceptors (Lipinski definition) is 5. The summed E-state index contributed by atoms with van der Waals surface area (Å²) in [5.74, 6) is 0.751. The molecule has 1 aromatic carbocycles. The zero-order chi connectivity index (χ0) is 20.0. The standard InChI is InChI=1S/C20H26N2O4S2/c1-26-17-8-6-16(7-9-17)5-4-12-21-19(23)15-18-10-11-20(27-18)28(24,25)22-13-2-3-14-22/h6-11H,2-5,12-15H2,1H3,(H,21,23). The first-order chi connectivity index (χ1) is 13.5. The molecule has 1 N–H and O–H groups in total. The lowest BCUT2D eigenvalue weighted by molar-refractivity contribution is -0.120. The second kappa shape index (κ2) is 9.54. The summed E-state index contributed by atoms with van der Waals surface area (Å²) in [7, 11) is -1.76. The van der Waals surface area contributed by atoms with Crippen LogP contribution in [-0.4, -0.2) is 45.4 Å². The Morgan fingerprint density at radius 2 is 1.86 bits per heavy atom. The lowest BCUT2D eigenvalue weighted by Gasteiger charge is -2.13. The molecular formula is C20H26N2O4S2. The van der Waals surface area contributed by atoms with E-state index in [9.17, 15) is 13.2 Å². The molecule has 0 atom stereocenters. The van der Waals surface area contributed by atoms with Crippen LogP contribution in [0.15, 0.2) is 40.6 Å². The first-order valence-corrected chi connectivity index (χ1v) is 11.7. The Kier molecular flexibility index (Phi) is 7.09. The van der Waals surface area contributed by atoms with Crippen molar-refractivity contribution in [3.8, 4) is 5.75 Å². The Hall–Kier alpha value is -1.90. The SMILES string of the molecule is COc1ccc(CCCNC(=O)Cc2ccc(S(=O)(=O)N3CCCC3)s2)cc1. The minimum atomic E-state index is -3.40. The zero-order valence-electron chi connectivity index (χ0n) is 16.0. The van der Waals surface area contributed by atoms with Gasteiger partial charge in [0.05, 0.1) is 13.5 Å². The van der Waals surface area contributed by atoms with Crippen LogP contribution >= 0.6 is 11.3 Å². The highest BCUT2D eigenvalue weighted by Gasteiger charge is 2.28. The molecule has 0 unspecified atom stereocenters. The Morgan fingerprint density at radius 3 is 2.54 bits per heavy atom. The van der Waals surface area contributed by atoms with Crippen LogP contribution in [0.3, 0.4) is 0 Å². The lowest BCUT2D eigenvalue weighted by atomic mass is 10.1. The number of nitrogens with zero attached hydrogens (tertiary/aromatic N) is 1. The van der Waals surface area contributed by atoms with Crippen LogP contribution in [0, 0.1) is 0 Å². The van der Waals surface area contributed by atoms with Crippen LogP contribution < -0.4 is 10.1 Å². The highest BCUT2D eigenvalue weighted by atomic mass is 32.2. The number of hydrogen-bond donors (Lipinski definition) is 1. The van der Waals surface area contributed by atoms with Gasteiger partial charge in [-0.25, -0.2) is 8.42 Å². The predicted molar refractivity (Wildman–Crippen MR) is 110 cm³/mol. The van der Waals surface area contributed by atoms with E-state index < -0.39 is 10.0 Å². The van der Waals surface area contributed by atoms with Crippen molar-refractivity contribution in [1.82, 2.24) is 9.62 Å². The van der Waals surface area contributed by atoms with E-state index in [1.54, 1.807) is 19.2 Å². The van der Waals surface area contributed by atoms with Crippen molar-refractivity contribution in [2.75, 3.05) is 26.7 Å².